The molecule has 0 aliphatic heterocycles. The van der Waals surface area contributed by atoms with Crippen LogP contribution in [0, 0.1) is 0 Å². The van der Waals surface area contributed by atoms with Gasteiger partial charge < -0.3 is 20.3 Å². The number of rotatable bonds is 12. The van der Waals surface area contributed by atoms with E-state index in [2.05, 4.69) is 4.52 Å². The maximum Gasteiger partial charge on any atom is 0.469 e. The highest BCUT2D eigenvalue weighted by molar-refractivity contribution is 7.46. The lowest BCUT2D eigenvalue weighted by atomic mass is 9.90. The minimum absolute atomic E-state index is 0.0735. The monoisotopic (exact) mass is 543 g/mol. The number of hydrogen-bond acceptors (Lipinski definition) is 4. The summed E-state index contributed by atoms with van der Waals surface area (Å²) in [6, 6.07) is 8.96. The Balaban J connectivity index is 2.02. The molecule has 0 aliphatic rings. The number of alkyl halides is 3. The molecule has 0 saturated carbocycles. The second-order valence-electron chi connectivity index (χ2n) is 8.01. The molecular weight excluding hydrogens is 517 g/mol. The van der Waals surface area contributed by atoms with Crippen LogP contribution < -0.4 is 10.5 Å². The van der Waals surface area contributed by atoms with Gasteiger partial charge >= 0.3 is 14.0 Å². The van der Waals surface area contributed by atoms with Crippen molar-refractivity contribution < 1.29 is 36.8 Å². The first kappa shape index (κ1) is 28.9. The number of phosphoric acid groups is 1. The minimum atomic E-state index is -4.70. The number of halogens is 5. The van der Waals surface area contributed by atoms with Crippen molar-refractivity contribution in [2.24, 2.45) is 5.73 Å². The van der Waals surface area contributed by atoms with Crippen molar-refractivity contribution in [1.29, 1.82) is 0 Å². The summed E-state index contributed by atoms with van der Waals surface area (Å²) < 4.78 is 61.8. The van der Waals surface area contributed by atoms with Gasteiger partial charge in [0.05, 0.1) is 28.8 Å². The molecule has 0 heterocycles. The molecular formula is C22H27Cl2F3NO5P. The predicted octanol–water partition coefficient (Wildman–Crippen LogP) is 6.17. The Hall–Kier alpha value is -1.32. The van der Waals surface area contributed by atoms with Crippen LogP contribution in [0.15, 0.2) is 36.4 Å². The van der Waals surface area contributed by atoms with Crippen molar-refractivity contribution in [3.8, 4) is 5.75 Å². The minimum Gasteiger partial charge on any atom is -0.493 e. The van der Waals surface area contributed by atoms with Gasteiger partial charge in [0.2, 0.25) is 0 Å². The zero-order valence-electron chi connectivity index (χ0n) is 18.4. The second kappa shape index (κ2) is 12.1. The zero-order valence-corrected chi connectivity index (χ0v) is 20.9. The first-order valence-corrected chi connectivity index (χ1v) is 12.8. The molecule has 0 radical (unpaired) electrons. The fourth-order valence-electron chi connectivity index (χ4n) is 3.19. The van der Waals surface area contributed by atoms with Crippen LogP contribution >= 0.6 is 31.0 Å². The fraction of sp³-hybridized carbons (Fsp3) is 0.455. The predicted molar refractivity (Wildman–Crippen MR) is 125 cm³/mol. The Kier molecular flexibility index (Phi) is 10.3. The van der Waals surface area contributed by atoms with Gasteiger partial charge in [0.1, 0.15) is 5.75 Å². The van der Waals surface area contributed by atoms with Gasteiger partial charge in [-0.2, -0.15) is 13.2 Å². The maximum atomic E-state index is 13.6. The third-order valence-corrected chi connectivity index (χ3v) is 6.54. The summed E-state index contributed by atoms with van der Waals surface area (Å²) >= 11 is 11.8. The zero-order chi connectivity index (χ0) is 25.6. The molecule has 0 aliphatic carbocycles. The van der Waals surface area contributed by atoms with Crippen molar-refractivity contribution in [1.82, 2.24) is 0 Å². The molecule has 190 valence electrons. The molecule has 34 heavy (non-hydrogen) atoms. The third-order valence-electron chi connectivity index (χ3n) is 5.34. The highest BCUT2D eigenvalue weighted by Gasteiger charge is 2.35. The average Bonchev–Trinajstić information content (AvgIpc) is 2.75. The Labute approximate surface area is 206 Å². The molecule has 0 fully saturated rings. The van der Waals surface area contributed by atoms with Crippen molar-refractivity contribution in [2.75, 3.05) is 13.2 Å². The van der Waals surface area contributed by atoms with Crippen LogP contribution in [0.5, 0.6) is 5.75 Å². The van der Waals surface area contributed by atoms with Crippen molar-refractivity contribution >= 4 is 31.0 Å². The van der Waals surface area contributed by atoms with Crippen LogP contribution in [0.2, 0.25) is 10.0 Å². The van der Waals surface area contributed by atoms with E-state index in [0.29, 0.717) is 34.9 Å². The molecule has 0 aromatic heterocycles. The van der Waals surface area contributed by atoms with Crippen molar-refractivity contribution in [2.45, 2.75) is 50.7 Å². The van der Waals surface area contributed by atoms with Crippen LogP contribution in [-0.2, 0) is 28.1 Å². The lowest BCUT2D eigenvalue weighted by Gasteiger charge is -2.28. The molecule has 4 N–H and O–H groups in total. The Morgan fingerprint density at radius 2 is 1.68 bits per heavy atom. The van der Waals surface area contributed by atoms with E-state index in [1.807, 2.05) is 0 Å². The molecule has 1 atom stereocenters. The highest BCUT2D eigenvalue weighted by atomic mass is 35.5. The molecule has 6 nitrogen and oxygen atoms in total. The van der Waals surface area contributed by atoms with Crippen molar-refractivity contribution in [3.63, 3.8) is 0 Å². The van der Waals surface area contributed by atoms with Crippen molar-refractivity contribution in [3.05, 3.63) is 63.1 Å². The van der Waals surface area contributed by atoms with Gasteiger partial charge in [-0.25, -0.2) is 4.57 Å². The van der Waals surface area contributed by atoms with E-state index in [9.17, 15) is 17.7 Å². The quantitative estimate of drug-likeness (QED) is 0.218. The van der Waals surface area contributed by atoms with E-state index in [1.54, 1.807) is 25.1 Å². The van der Waals surface area contributed by atoms with E-state index >= 15 is 0 Å². The number of hydrogen-bond donors (Lipinski definition) is 3. The topological polar surface area (TPSA) is 102 Å². The van der Waals surface area contributed by atoms with Crippen LogP contribution in [0.4, 0.5) is 13.2 Å². The van der Waals surface area contributed by atoms with Gasteiger partial charge in [0.15, 0.2) is 0 Å². The summed E-state index contributed by atoms with van der Waals surface area (Å²) in [5.41, 5.74) is 5.39. The summed E-state index contributed by atoms with van der Waals surface area (Å²) in [5.74, 6) is -0.273. The van der Waals surface area contributed by atoms with Gasteiger partial charge in [0.25, 0.3) is 0 Å². The SMILES string of the molecule is CCC(N)(CCc1ccc(OCCCc2ccc(Cl)c(Cl)c2)c(C(F)(F)F)c1)COP(=O)(O)O. The largest absolute Gasteiger partial charge is 0.493 e. The van der Waals surface area contributed by atoms with E-state index in [-0.39, 0.29) is 25.2 Å². The smallest absolute Gasteiger partial charge is 0.469 e. The number of aryl methyl sites for hydroxylation is 2. The Morgan fingerprint density at radius 3 is 2.26 bits per heavy atom. The Morgan fingerprint density at radius 1 is 1.03 bits per heavy atom. The molecule has 2 rings (SSSR count). The summed E-state index contributed by atoms with van der Waals surface area (Å²) in [6.45, 7) is 1.36. The molecule has 2 aromatic carbocycles. The van der Waals surface area contributed by atoms with E-state index < -0.39 is 31.7 Å². The van der Waals surface area contributed by atoms with Crippen LogP contribution in [0.25, 0.3) is 0 Å². The fourth-order valence-corrected chi connectivity index (χ4v) is 3.94. The summed E-state index contributed by atoms with van der Waals surface area (Å²) in [4.78, 5) is 17.8. The van der Waals surface area contributed by atoms with E-state index in [1.165, 1.54) is 12.1 Å². The van der Waals surface area contributed by atoms with Crippen LogP contribution in [-0.4, -0.2) is 28.5 Å². The van der Waals surface area contributed by atoms with E-state index in [4.69, 9.17) is 43.5 Å². The van der Waals surface area contributed by atoms with Gasteiger partial charge in [-0.15, -0.1) is 0 Å². The summed E-state index contributed by atoms with van der Waals surface area (Å²) in [5, 5.41) is 0.838. The number of phosphoric ester groups is 1. The molecule has 0 amide bonds. The van der Waals surface area contributed by atoms with Gasteiger partial charge in [-0.05, 0) is 67.5 Å². The second-order valence-corrected chi connectivity index (χ2v) is 10.1. The molecule has 0 saturated heterocycles. The van der Waals surface area contributed by atoms with E-state index in [0.717, 1.165) is 11.6 Å². The Bertz CT molecular complexity index is 1020. The molecule has 0 bridgehead atoms. The summed E-state index contributed by atoms with van der Waals surface area (Å²) in [7, 11) is -4.70. The molecule has 2 aromatic rings. The number of ether oxygens (including phenoxy) is 1. The first-order valence-electron chi connectivity index (χ1n) is 10.5. The van der Waals surface area contributed by atoms with Crippen LogP contribution in [0.3, 0.4) is 0 Å². The number of nitrogens with two attached hydrogens (primary N) is 1. The van der Waals surface area contributed by atoms with Crippen LogP contribution in [0.1, 0.15) is 42.9 Å². The number of benzene rings is 2. The van der Waals surface area contributed by atoms with Gasteiger partial charge in [0, 0.05) is 5.54 Å². The lowest BCUT2D eigenvalue weighted by molar-refractivity contribution is -0.139. The average molecular weight is 544 g/mol. The van der Waals surface area contributed by atoms with Gasteiger partial charge in [-0.1, -0.05) is 42.3 Å². The molecule has 12 heteroatoms. The summed E-state index contributed by atoms with van der Waals surface area (Å²) in [6.07, 6.45) is -2.94. The molecule has 0 spiro atoms. The first-order chi connectivity index (χ1) is 15.7. The standard InChI is InChI=1S/C22H27Cl2F3NO5P/c1-2-21(28,14-33-34(29,30)31)10-9-16-6-8-20(17(12-16)22(25,26)27)32-11-3-4-15-5-7-18(23)19(24)13-15/h5-8,12-13H,2-4,9-11,14,28H2,1H3,(H2,29,30,31). The van der Waals surface area contributed by atoms with Gasteiger partial charge in [-0.3, -0.25) is 4.52 Å². The lowest BCUT2D eigenvalue weighted by Crippen LogP contribution is -2.44. The molecule has 1 unspecified atom stereocenters. The maximum absolute atomic E-state index is 13.6. The normalized spacial score (nSPS) is 14.1. The third kappa shape index (κ3) is 9.38. The highest BCUT2D eigenvalue weighted by Crippen LogP contribution is 2.39.